The third-order valence-corrected chi connectivity index (χ3v) is 4.04. The van der Waals surface area contributed by atoms with Crippen LogP contribution < -0.4 is 16.0 Å². The van der Waals surface area contributed by atoms with Crippen molar-refractivity contribution in [1.82, 2.24) is 30.2 Å². The molecule has 10 heteroatoms. The molecule has 0 fully saturated rings. The van der Waals surface area contributed by atoms with Crippen molar-refractivity contribution in [2.24, 2.45) is 0 Å². The number of hydrogen-bond donors (Lipinski definition) is 3. The summed E-state index contributed by atoms with van der Waals surface area (Å²) < 4.78 is 0. The maximum Gasteiger partial charge on any atom is 0.263 e. The first-order chi connectivity index (χ1) is 12.0. The van der Waals surface area contributed by atoms with Gasteiger partial charge in [-0.2, -0.15) is 15.0 Å². The number of rotatable bonds is 9. The van der Waals surface area contributed by atoms with Gasteiger partial charge >= 0.3 is 0 Å². The van der Waals surface area contributed by atoms with Crippen LogP contribution in [-0.2, 0) is 6.42 Å². The van der Waals surface area contributed by atoms with E-state index in [-0.39, 0.29) is 5.91 Å². The predicted molar refractivity (Wildman–Crippen MR) is 99.7 cm³/mol. The minimum atomic E-state index is -0.135. The maximum absolute atomic E-state index is 11.8. The summed E-state index contributed by atoms with van der Waals surface area (Å²) in [5.74, 6) is 1.49. The van der Waals surface area contributed by atoms with Crippen molar-refractivity contribution in [3.8, 4) is 0 Å². The van der Waals surface area contributed by atoms with Crippen LogP contribution in [0.1, 0.15) is 29.3 Å². The Kier molecular flexibility index (Phi) is 7.02. The van der Waals surface area contributed by atoms with Gasteiger partial charge in [0.05, 0.1) is 6.20 Å². The van der Waals surface area contributed by atoms with E-state index in [2.05, 4.69) is 40.8 Å². The van der Waals surface area contributed by atoms with Crippen molar-refractivity contribution in [3.05, 3.63) is 16.9 Å². The highest BCUT2D eigenvalue weighted by atomic mass is 32.1. The number of carbonyl (C=O) groups excluding carboxylic acids is 1. The van der Waals surface area contributed by atoms with E-state index in [0.29, 0.717) is 40.7 Å². The van der Waals surface area contributed by atoms with E-state index in [9.17, 15) is 4.79 Å². The second kappa shape index (κ2) is 9.23. The number of likely N-dealkylation sites (N-methyl/N-ethyl adjacent to an activating group) is 1. The van der Waals surface area contributed by atoms with Crippen LogP contribution in [0.4, 0.5) is 17.0 Å². The highest BCUT2D eigenvalue weighted by molar-refractivity contribution is 7.17. The van der Waals surface area contributed by atoms with Gasteiger partial charge in [-0.3, -0.25) is 10.1 Å². The number of thiazole rings is 1. The summed E-state index contributed by atoms with van der Waals surface area (Å²) >= 11 is 1.26. The largest absolute Gasteiger partial charge is 0.353 e. The maximum atomic E-state index is 11.8. The van der Waals surface area contributed by atoms with Crippen LogP contribution >= 0.6 is 11.3 Å². The number of anilines is 3. The standard InChI is InChI=1S/C15H24N8OS/c1-5-11-19-13(17-7-8-23(3)4)21-14(20-11)22-15-18-9-10(25-15)12(24)16-6-2/h9H,5-8H2,1-4H3,(H,16,24)(H2,17,18,19,20,21,22). The molecule has 0 aromatic carbocycles. The Morgan fingerprint density at radius 3 is 2.64 bits per heavy atom. The van der Waals surface area contributed by atoms with Gasteiger partial charge in [0.25, 0.3) is 5.91 Å². The van der Waals surface area contributed by atoms with E-state index >= 15 is 0 Å². The lowest BCUT2D eigenvalue weighted by Crippen LogP contribution is -2.22. The fraction of sp³-hybridized carbons (Fsp3) is 0.533. The third-order valence-electron chi connectivity index (χ3n) is 3.13. The molecule has 2 rings (SSSR count). The highest BCUT2D eigenvalue weighted by Crippen LogP contribution is 2.21. The van der Waals surface area contributed by atoms with Crippen LogP contribution in [0.3, 0.4) is 0 Å². The summed E-state index contributed by atoms with van der Waals surface area (Å²) in [7, 11) is 4.02. The van der Waals surface area contributed by atoms with E-state index in [1.807, 2.05) is 27.9 Å². The summed E-state index contributed by atoms with van der Waals surface area (Å²) in [6, 6.07) is 0. The molecule has 25 heavy (non-hydrogen) atoms. The first kappa shape index (κ1) is 19.0. The van der Waals surface area contributed by atoms with Gasteiger partial charge < -0.3 is 15.5 Å². The van der Waals surface area contributed by atoms with Crippen molar-refractivity contribution in [3.63, 3.8) is 0 Å². The molecule has 0 aliphatic carbocycles. The Hall–Kier alpha value is -2.33. The third kappa shape index (κ3) is 5.91. The molecule has 0 unspecified atom stereocenters. The average molecular weight is 364 g/mol. The predicted octanol–water partition coefficient (Wildman–Crippen LogP) is 1.36. The number of amides is 1. The second-order valence-electron chi connectivity index (χ2n) is 5.50. The Labute approximate surface area is 151 Å². The normalized spacial score (nSPS) is 10.8. The molecule has 0 spiro atoms. The summed E-state index contributed by atoms with van der Waals surface area (Å²) in [5.41, 5.74) is 0. The number of nitrogens with one attached hydrogen (secondary N) is 3. The SMILES string of the molecule is CCNC(=O)c1cnc(Nc2nc(CC)nc(NCCN(C)C)n2)s1. The molecule has 0 aliphatic heterocycles. The van der Waals surface area contributed by atoms with Crippen LogP contribution in [-0.4, -0.2) is 64.5 Å². The molecule has 2 aromatic rings. The molecule has 2 aromatic heterocycles. The molecule has 2 heterocycles. The summed E-state index contributed by atoms with van der Waals surface area (Å²) in [6.45, 7) is 6.05. The highest BCUT2D eigenvalue weighted by Gasteiger charge is 2.12. The number of hydrogen-bond acceptors (Lipinski definition) is 9. The van der Waals surface area contributed by atoms with Gasteiger partial charge in [0.2, 0.25) is 11.9 Å². The molecule has 0 atom stereocenters. The van der Waals surface area contributed by atoms with Crippen molar-refractivity contribution in [2.75, 3.05) is 44.4 Å². The lowest BCUT2D eigenvalue weighted by molar-refractivity contribution is 0.0959. The molecule has 0 saturated carbocycles. The first-order valence-corrected chi connectivity index (χ1v) is 8.98. The van der Waals surface area contributed by atoms with Crippen LogP contribution in [0.25, 0.3) is 0 Å². The van der Waals surface area contributed by atoms with Crippen molar-refractivity contribution in [2.45, 2.75) is 20.3 Å². The molecule has 1 amide bonds. The molecule has 0 bridgehead atoms. The van der Waals surface area contributed by atoms with Crippen molar-refractivity contribution < 1.29 is 4.79 Å². The van der Waals surface area contributed by atoms with Gasteiger partial charge in [0.1, 0.15) is 10.7 Å². The quantitative estimate of drug-likeness (QED) is 0.612. The van der Waals surface area contributed by atoms with E-state index in [4.69, 9.17) is 0 Å². The molecule has 0 radical (unpaired) electrons. The fourth-order valence-corrected chi connectivity index (χ4v) is 2.61. The molecular formula is C15H24N8OS. The number of aryl methyl sites for hydroxylation is 1. The average Bonchev–Trinajstić information content (AvgIpc) is 3.03. The summed E-state index contributed by atoms with van der Waals surface area (Å²) in [6.07, 6.45) is 2.23. The molecular weight excluding hydrogens is 340 g/mol. The molecule has 0 aliphatic rings. The Balaban J connectivity index is 2.09. The zero-order chi connectivity index (χ0) is 18.2. The van der Waals surface area contributed by atoms with Crippen molar-refractivity contribution >= 4 is 34.3 Å². The van der Waals surface area contributed by atoms with Gasteiger partial charge in [-0.25, -0.2) is 4.98 Å². The topological polar surface area (TPSA) is 108 Å². The summed E-state index contributed by atoms with van der Waals surface area (Å²) in [4.78, 5) is 31.7. The molecule has 3 N–H and O–H groups in total. The van der Waals surface area contributed by atoms with Crippen molar-refractivity contribution in [1.29, 1.82) is 0 Å². The van der Waals surface area contributed by atoms with Gasteiger partial charge in [0.15, 0.2) is 5.13 Å². The number of carbonyl (C=O) groups is 1. The summed E-state index contributed by atoms with van der Waals surface area (Å²) in [5, 5.41) is 9.55. The van der Waals surface area contributed by atoms with Gasteiger partial charge in [0, 0.05) is 26.1 Å². The zero-order valence-electron chi connectivity index (χ0n) is 15.0. The number of nitrogens with zero attached hydrogens (tertiary/aromatic N) is 5. The first-order valence-electron chi connectivity index (χ1n) is 8.16. The minimum absolute atomic E-state index is 0.135. The lowest BCUT2D eigenvalue weighted by atomic mass is 10.4. The van der Waals surface area contributed by atoms with Crippen LogP contribution in [0.2, 0.25) is 0 Å². The fourth-order valence-electron chi connectivity index (χ4n) is 1.88. The molecule has 136 valence electrons. The van der Waals surface area contributed by atoms with E-state index in [1.54, 1.807) is 0 Å². The van der Waals surface area contributed by atoms with Gasteiger partial charge in [-0.05, 0) is 21.0 Å². The molecule has 0 saturated heterocycles. The van der Waals surface area contributed by atoms with Gasteiger partial charge in [-0.1, -0.05) is 18.3 Å². The number of aromatic nitrogens is 4. The minimum Gasteiger partial charge on any atom is -0.353 e. The van der Waals surface area contributed by atoms with Crippen LogP contribution in [0.5, 0.6) is 0 Å². The monoisotopic (exact) mass is 364 g/mol. The zero-order valence-corrected chi connectivity index (χ0v) is 15.8. The van der Waals surface area contributed by atoms with Crippen LogP contribution in [0.15, 0.2) is 6.20 Å². The Morgan fingerprint density at radius 2 is 1.96 bits per heavy atom. The second-order valence-corrected chi connectivity index (χ2v) is 6.53. The molecule has 9 nitrogen and oxygen atoms in total. The Bertz CT molecular complexity index is 703. The lowest BCUT2D eigenvalue weighted by Gasteiger charge is -2.11. The van der Waals surface area contributed by atoms with Gasteiger partial charge in [-0.15, -0.1) is 0 Å². The van der Waals surface area contributed by atoms with E-state index in [1.165, 1.54) is 17.5 Å². The van der Waals surface area contributed by atoms with E-state index in [0.717, 1.165) is 13.1 Å². The van der Waals surface area contributed by atoms with Crippen LogP contribution in [0, 0.1) is 0 Å². The Morgan fingerprint density at radius 1 is 1.20 bits per heavy atom. The van der Waals surface area contributed by atoms with E-state index < -0.39 is 0 Å². The smallest absolute Gasteiger partial charge is 0.263 e.